The molecule has 0 saturated heterocycles. The van der Waals surface area contributed by atoms with Crippen molar-refractivity contribution in [1.82, 2.24) is 4.90 Å². The lowest BCUT2D eigenvalue weighted by molar-refractivity contribution is 0.00499. The highest BCUT2D eigenvalue weighted by molar-refractivity contribution is 4.92. The molecule has 0 aliphatic heterocycles. The molecule has 76 valence electrons. The SMILES string of the molecule is CN(C)[C@H]1CC2CCCC2C[C@H]1O. The van der Waals surface area contributed by atoms with Crippen molar-refractivity contribution < 1.29 is 5.11 Å². The summed E-state index contributed by atoms with van der Waals surface area (Å²) in [6, 6.07) is 0.416. The molecule has 0 bridgehead atoms. The second kappa shape index (κ2) is 3.58. The fraction of sp³-hybridized carbons (Fsp3) is 1.00. The molecule has 0 aromatic heterocycles. The number of fused-ring (bicyclic) bond motifs is 1. The monoisotopic (exact) mass is 183 g/mol. The van der Waals surface area contributed by atoms with E-state index in [2.05, 4.69) is 19.0 Å². The summed E-state index contributed by atoms with van der Waals surface area (Å²) >= 11 is 0. The van der Waals surface area contributed by atoms with Crippen molar-refractivity contribution in [2.75, 3.05) is 14.1 Å². The first-order valence-electron chi connectivity index (χ1n) is 5.53. The normalized spacial score (nSPS) is 45.2. The zero-order valence-electron chi connectivity index (χ0n) is 8.74. The molecule has 2 fully saturated rings. The average Bonchev–Trinajstić information content (AvgIpc) is 2.48. The zero-order chi connectivity index (χ0) is 9.42. The molecule has 4 atom stereocenters. The van der Waals surface area contributed by atoms with Crippen LogP contribution in [-0.4, -0.2) is 36.2 Å². The predicted octanol–water partition coefficient (Wildman–Crippen LogP) is 1.49. The van der Waals surface area contributed by atoms with Gasteiger partial charge >= 0.3 is 0 Å². The molecule has 2 heteroatoms. The van der Waals surface area contributed by atoms with E-state index in [1.165, 1.54) is 25.7 Å². The van der Waals surface area contributed by atoms with Gasteiger partial charge < -0.3 is 10.0 Å². The van der Waals surface area contributed by atoms with Crippen LogP contribution < -0.4 is 0 Å². The summed E-state index contributed by atoms with van der Waals surface area (Å²) in [6.07, 6.45) is 6.35. The third kappa shape index (κ3) is 1.75. The maximum atomic E-state index is 9.94. The van der Waals surface area contributed by atoms with Gasteiger partial charge in [0.05, 0.1) is 6.10 Å². The lowest BCUT2D eigenvalue weighted by atomic mass is 9.77. The summed E-state index contributed by atoms with van der Waals surface area (Å²) in [5, 5.41) is 9.94. The lowest BCUT2D eigenvalue weighted by Crippen LogP contribution is -2.45. The van der Waals surface area contributed by atoms with Gasteiger partial charge in [-0.1, -0.05) is 19.3 Å². The molecule has 13 heavy (non-hydrogen) atoms. The molecule has 2 aliphatic rings. The van der Waals surface area contributed by atoms with E-state index in [-0.39, 0.29) is 6.10 Å². The Balaban J connectivity index is 2.01. The van der Waals surface area contributed by atoms with Gasteiger partial charge in [0.25, 0.3) is 0 Å². The smallest absolute Gasteiger partial charge is 0.0698 e. The van der Waals surface area contributed by atoms with Crippen LogP contribution in [0.5, 0.6) is 0 Å². The van der Waals surface area contributed by atoms with E-state index in [4.69, 9.17) is 0 Å². The van der Waals surface area contributed by atoms with E-state index in [1.54, 1.807) is 0 Å². The molecule has 2 aliphatic carbocycles. The quantitative estimate of drug-likeness (QED) is 0.665. The molecule has 2 saturated carbocycles. The van der Waals surface area contributed by atoms with E-state index in [9.17, 15) is 5.11 Å². The number of rotatable bonds is 1. The van der Waals surface area contributed by atoms with E-state index < -0.39 is 0 Å². The minimum Gasteiger partial charge on any atom is -0.391 e. The van der Waals surface area contributed by atoms with Crippen LogP contribution in [0.3, 0.4) is 0 Å². The second-order valence-electron chi connectivity index (χ2n) is 5.02. The van der Waals surface area contributed by atoms with Crippen LogP contribution >= 0.6 is 0 Å². The van der Waals surface area contributed by atoms with Gasteiger partial charge in [-0.25, -0.2) is 0 Å². The van der Waals surface area contributed by atoms with Crippen molar-refractivity contribution in [3.8, 4) is 0 Å². The van der Waals surface area contributed by atoms with Crippen LogP contribution in [0, 0.1) is 11.8 Å². The molecule has 2 rings (SSSR count). The number of likely N-dealkylation sites (N-methyl/N-ethyl adjacent to an activating group) is 1. The number of aliphatic hydroxyl groups is 1. The molecule has 0 heterocycles. The fourth-order valence-electron chi connectivity index (χ4n) is 3.22. The van der Waals surface area contributed by atoms with Gasteiger partial charge in [-0.05, 0) is 38.8 Å². The van der Waals surface area contributed by atoms with Gasteiger partial charge in [-0.15, -0.1) is 0 Å². The van der Waals surface area contributed by atoms with Crippen LogP contribution in [0.4, 0.5) is 0 Å². The Kier molecular flexibility index (Phi) is 2.61. The third-order valence-corrected chi connectivity index (χ3v) is 4.01. The van der Waals surface area contributed by atoms with Gasteiger partial charge in [0.15, 0.2) is 0 Å². The molecule has 2 nitrogen and oxygen atoms in total. The molecular formula is C11H21NO. The molecule has 1 N–H and O–H groups in total. The van der Waals surface area contributed by atoms with Gasteiger partial charge in [-0.2, -0.15) is 0 Å². The highest BCUT2D eigenvalue weighted by atomic mass is 16.3. The van der Waals surface area contributed by atoms with Crippen molar-refractivity contribution in [2.24, 2.45) is 11.8 Å². The summed E-state index contributed by atoms with van der Waals surface area (Å²) in [4.78, 5) is 2.19. The van der Waals surface area contributed by atoms with Crippen molar-refractivity contribution in [3.63, 3.8) is 0 Å². The maximum absolute atomic E-state index is 9.94. The molecule has 0 amide bonds. The predicted molar refractivity (Wildman–Crippen MR) is 53.5 cm³/mol. The molecule has 2 unspecified atom stereocenters. The molecule has 0 aromatic rings. The highest BCUT2D eigenvalue weighted by Crippen LogP contribution is 2.42. The first-order valence-corrected chi connectivity index (χ1v) is 5.53. The van der Waals surface area contributed by atoms with E-state index in [0.717, 1.165) is 18.3 Å². The lowest BCUT2D eigenvalue weighted by Gasteiger charge is -2.39. The van der Waals surface area contributed by atoms with Crippen LogP contribution in [0.25, 0.3) is 0 Å². The van der Waals surface area contributed by atoms with Crippen molar-refractivity contribution in [1.29, 1.82) is 0 Å². The van der Waals surface area contributed by atoms with E-state index >= 15 is 0 Å². The third-order valence-electron chi connectivity index (χ3n) is 4.01. The summed E-state index contributed by atoms with van der Waals surface area (Å²) in [5.41, 5.74) is 0. The van der Waals surface area contributed by atoms with Crippen molar-refractivity contribution in [2.45, 2.75) is 44.2 Å². The number of nitrogens with zero attached hydrogens (tertiary/aromatic N) is 1. The van der Waals surface area contributed by atoms with Gasteiger partial charge in [0.1, 0.15) is 0 Å². The Bertz CT molecular complexity index is 181. The molecule has 0 spiro atoms. The van der Waals surface area contributed by atoms with Crippen LogP contribution in [0.2, 0.25) is 0 Å². The maximum Gasteiger partial charge on any atom is 0.0698 e. The Hall–Kier alpha value is -0.0800. The number of hydrogen-bond acceptors (Lipinski definition) is 2. The van der Waals surface area contributed by atoms with Crippen LogP contribution in [-0.2, 0) is 0 Å². The summed E-state index contributed by atoms with van der Waals surface area (Å²) in [6.45, 7) is 0. The Morgan fingerprint density at radius 1 is 1.08 bits per heavy atom. The first-order chi connectivity index (χ1) is 6.18. The Morgan fingerprint density at radius 3 is 2.31 bits per heavy atom. The molecule has 0 aromatic carbocycles. The largest absolute Gasteiger partial charge is 0.391 e. The van der Waals surface area contributed by atoms with E-state index in [0.29, 0.717) is 6.04 Å². The van der Waals surface area contributed by atoms with Crippen molar-refractivity contribution in [3.05, 3.63) is 0 Å². The van der Waals surface area contributed by atoms with Gasteiger partial charge in [0.2, 0.25) is 0 Å². The van der Waals surface area contributed by atoms with Crippen LogP contribution in [0.15, 0.2) is 0 Å². The molecular weight excluding hydrogens is 162 g/mol. The Labute approximate surface area is 80.9 Å². The van der Waals surface area contributed by atoms with E-state index in [1.807, 2.05) is 0 Å². The molecule has 0 radical (unpaired) electrons. The minimum atomic E-state index is -0.0747. The van der Waals surface area contributed by atoms with Gasteiger partial charge in [0, 0.05) is 6.04 Å². The fourth-order valence-corrected chi connectivity index (χ4v) is 3.22. The highest BCUT2D eigenvalue weighted by Gasteiger charge is 2.39. The van der Waals surface area contributed by atoms with Crippen molar-refractivity contribution >= 4 is 0 Å². The summed E-state index contributed by atoms with van der Waals surface area (Å²) in [7, 11) is 4.17. The minimum absolute atomic E-state index is 0.0747. The average molecular weight is 183 g/mol. The summed E-state index contributed by atoms with van der Waals surface area (Å²) < 4.78 is 0. The van der Waals surface area contributed by atoms with Gasteiger partial charge in [-0.3, -0.25) is 0 Å². The number of aliphatic hydroxyl groups excluding tert-OH is 1. The standard InChI is InChI=1S/C11H21NO/c1-12(2)10-6-8-4-3-5-9(8)7-11(10)13/h8-11,13H,3-7H2,1-2H3/t8?,9?,10-,11+/m0/s1. The second-order valence-corrected chi connectivity index (χ2v) is 5.02. The topological polar surface area (TPSA) is 23.5 Å². The first kappa shape index (κ1) is 9.47. The number of hydrogen-bond donors (Lipinski definition) is 1. The zero-order valence-corrected chi connectivity index (χ0v) is 8.74. The van der Waals surface area contributed by atoms with Crippen LogP contribution in [0.1, 0.15) is 32.1 Å². The Morgan fingerprint density at radius 2 is 1.69 bits per heavy atom. The summed E-state index contributed by atoms with van der Waals surface area (Å²) in [5.74, 6) is 1.75.